The third kappa shape index (κ3) is 5.49. The average molecular weight is 337 g/mol. The van der Waals surface area contributed by atoms with Crippen LogP contribution in [0.2, 0.25) is 0 Å². The molecular formula is C14H26Cl2N4O. The van der Waals surface area contributed by atoms with Crippen molar-refractivity contribution in [2.75, 3.05) is 19.6 Å². The molecule has 0 atom stereocenters. The van der Waals surface area contributed by atoms with Crippen LogP contribution in [0.3, 0.4) is 0 Å². The molecule has 1 amide bonds. The molecule has 21 heavy (non-hydrogen) atoms. The maximum Gasteiger partial charge on any atom is 0.222 e. The molecule has 2 heterocycles. The molecule has 122 valence electrons. The number of carbonyl (C=O) groups excluding carboxylic acids is 1. The number of aryl methyl sites for hydroxylation is 1. The number of piperidine rings is 1. The smallest absolute Gasteiger partial charge is 0.222 e. The third-order valence-corrected chi connectivity index (χ3v) is 3.89. The molecule has 0 aliphatic carbocycles. The first-order valence-electron chi connectivity index (χ1n) is 7.24. The van der Waals surface area contributed by atoms with Gasteiger partial charge in [-0.25, -0.2) is 0 Å². The van der Waals surface area contributed by atoms with Gasteiger partial charge in [-0.05, 0) is 44.2 Å². The van der Waals surface area contributed by atoms with E-state index in [-0.39, 0.29) is 30.7 Å². The minimum atomic E-state index is 0. The minimum absolute atomic E-state index is 0. The van der Waals surface area contributed by atoms with Gasteiger partial charge >= 0.3 is 0 Å². The Morgan fingerprint density at radius 2 is 2.05 bits per heavy atom. The Morgan fingerprint density at radius 1 is 1.38 bits per heavy atom. The molecule has 0 unspecified atom stereocenters. The zero-order chi connectivity index (χ0) is 13.7. The van der Waals surface area contributed by atoms with Gasteiger partial charge in [-0.3, -0.25) is 9.48 Å². The van der Waals surface area contributed by atoms with Crippen molar-refractivity contribution in [1.82, 2.24) is 14.7 Å². The van der Waals surface area contributed by atoms with E-state index in [1.54, 1.807) is 0 Å². The largest absolute Gasteiger partial charge is 0.343 e. The number of carbonyl (C=O) groups is 1. The van der Waals surface area contributed by atoms with Crippen LogP contribution in [-0.4, -0.2) is 40.2 Å². The number of aromatic nitrogens is 2. The van der Waals surface area contributed by atoms with E-state index in [1.165, 1.54) is 5.56 Å². The fourth-order valence-electron chi connectivity index (χ4n) is 2.64. The summed E-state index contributed by atoms with van der Waals surface area (Å²) < 4.78 is 1.97. The standard InChI is InChI=1S/C14H24N4O.2ClH/c1-2-18-11-13(10-16-18)12-5-8-17(9-6-12)14(19)4-3-7-15;;/h10-12H,2-9,15H2,1H3;2*1H. The first-order chi connectivity index (χ1) is 9.24. The van der Waals surface area contributed by atoms with Gasteiger partial charge in [0.2, 0.25) is 5.91 Å². The summed E-state index contributed by atoms with van der Waals surface area (Å²) in [4.78, 5) is 13.9. The zero-order valence-electron chi connectivity index (χ0n) is 12.5. The second-order valence-corrected chi connectivity index (χ2v) is 5.18. The molecule has 0 bridgehead atoms. The van der Waals surface area contributed by atoms with Crippen molar-refractivity contribution in [3.05, 3.63) is 18.0 Å². The molecule has 5 nitrogen and oxygen atoms in total. The van der Waals surface area contributed by atoms with Gasteiger partial charge in [0.05, 0.1) is 6.20 Å². The zero-order valence-corrected chi connectivity index (χ0v) is 14.2. The number of hydrogen-bond acceptors (Lipinski definition) is 3. The summed E-state index contributed by atoms with van der Waals surface area (Å²) in [6, 6.07) is 0. The number of amides is 1. The minimum Gasteiger partial charge on any atom is -0.343 e. The first kappa shape index (κ1) is 20.2. The number of nitrogens with zero attached hydrogens (tertiary/aromatic N) is 3. The fourth-order valence-corrected chi connectivity index (χ4v) is 2.64. The van der Waals surface area contributed by atoms with Gasteiger partial charge in [0.15, 0.2) is 0 Å². The van der Waals surface area contributed by atoms with Crippen molar-refractivity contribution in [2.24, 2.45) is 5.73 Å². The van der Waals surface area contributed by atoms with E-state index >= 15 is 0 Å². The van der Waals surface area contributed by atoms with Gasteiger partial charge in [-0.2, -0.15) is 5.10 Å². The van der Waals surface area contributed by atoms with Crippen LogP contribution in [0.25, 0.3) is 0 Å². The van der Waals surface area contributed by atoms with Gasteiger partial charge in [0, 0.05) is 32.3 Å². The van der Waals surface area contributed by atoms with Crippen molar-refractivity contribution in [2.45, 2.75) is 45.1 Å². The van der Waals surface area contributed by atoms with E-state index in [4.69, 9.17) is 5.73 Å². The van der Waals surface area contributed by atoms with Gasteiger partial charge in [-0.15, -0.1) is 24.8 Å². The molecule has 0 spiro atoms. The van der Waals surface area contributed by atoms with Crippen LogP contribution in [-0.2, 0) is 11.3 Å². The van der Waals surface area contributed by atoms with Crippen LogP contribution < -0.4 is 5.73 Å². The Morgan fingerprint density at radius 3 is 2.57 bits per heavy atom. The molecule has 1 fully saturated rings. The van der Waals surface area contributed by atoms with E-state index in [0.717, 1.165) is 38.9 Å². The highest BCUT2D eigenvalue weighted by atomic mass is 35.5. The first-order valence-corrected chi connectivity index (χ1v) is 7.24. The highest BCUT2D eigenvalue weighted by molar-refractivity contribution is 5.85. The molecule has 7 heteroatoms. The van der Waals surface area contributed by atoms with Crippen LogP contribution in [0.1, 0.15) is 44.1 Å². The van der Waals surface area contributed by atoms with Crippen LogP contribution >= 0.6 is 24.8 Å². The maximum absolute atomic E-state index is 11.9. The summed E-state index contributed by atoms with van der Waals surface area (Å²) >= 11 is 0. The van der Waals surface area contributed by atoms with Gasteiger partial charge in [0.1, 0.15) is 0 Å². The second-order valence-electron chi connectivity index (χ2n) is 5.18. The number of nitrogens with two attached hydrogens (primary N) is 1. The third-order valence-electron chi connectivity index (χ3n) is 3.89. The van der Waals surface area contributed by atoms with Crippen LogP contribution in [0.5, 0.6) is 0 Å². The van der Waals surface area contributed by atoms with E-state index in [0.29, 0.717) is 18.9 Å². The topological polar surface area (TPSA) is 64.2 Å². The number of likely N-dealkylation sites (tertiary alicyclic amines) is 1. The Hall–Kier alpha value is -0.780. The van der Waals surface area contributed by atoms with Crippen LogP contribution in [0.15, 0.2) is 12.4 Å². The van der Waals surface area contributed by atoms with Gasteiger partial charge in [0.25, 0.3) is 0 Å². The van der Waals surface area contributed by atoms with E-state index < -0.39 is 0 Å². The monoisotopic (exact) mass is 336 g/mol. The molecule has 2 rings (SSSR count). The predicted octanol–water partition coefficient (Wildman–Crippen LogP) is 2.19. The number of halogens is 2. The molecule has 1 aliphatic rings. The molecule has 2 N–H and O–H groups in total. The molecule has 0 radical (unpaired) electrons. The summed E-state index contributed by atoms with van der Waals surface area (Å²) in [5.74, 6) is 0.812. The van der Waals surface area contributed by atoms with Crippen LogP contribution in [0.4, 0.5) is 0 Å². The highest BCUT2D eigenvalue weighted by Gasteiger charge is 2.24. The summed E-state index contributed by atoms with van der Waals surface area (Å²) in [7, 11) is 0. The van der Waals surface area contributed by atoms with Gasteiger partial charge < -0.3 is 10.6 Å². The normalized spacial score (nSPS) is 15.2. The number of hydrogen-bond donors (Lipinski definition) is 1. The lowest BCUT2D eigenvalue weighted by atomic mass is 9.91. The van der Waals surface area contributed by atoms with Crippen molar-refractivity contribution in [1.29, 1.82) is 0 Å². The molecule has 1 aromatic heterocycles. The number of rotatable bonds is 5. The van der Waals surface area contributed by atoms with Crippen LogP contribution in [0, 0.1) is 0 Å². The SMILES string of the molecule is CCn1cc(C2CCN(C(=O)CCCN)CC2)cn1.Cl.Cl. The summed E-state index contributed by atoms with van der Waals surface area (Å²) in [6.45, 7) is 5.33. The van der Waals surface area contributed by atoms with E-state index in [2.05, 4.69) is 18.2 Å². The van der Waals surface area contributed by atoms with Gasteiger partial charge in [-0.1, -0.05) is 0 Å². The Balaban J connectivity index is 0.00000200. The van der Waals surface area contributed by atoms with Crippen molar-refractivity contribution >= 4 is 30.7 Å². The summed E-state index contributed by atoms with van der Waals surface area (Å²) in [5.41, 5.74) is 6.76. The maximum atomic E-state index is 11.9. The Labute approximate surface area is 139 Å². The summed E-state index contributed by atoms with van der Waals surface area (Å²) in [6.07, 6.45) is 7.58. The summed E-state index contributed by atoms with van der Waals surface area (Å²) in [5, 5.41) is 4.33. The van der Waals surface area contributed by atoms with Crippen molar-refractivity contribution in [3.63, 3.8) is 0 Å². The van der Waals surface area contributed by atoms with E-state index in [1.807, 2.05) is 15.8 Å². The lowest BCUT2D eigenvalue weighted by Crippen LogP contribution is -2.37. The molecule has 1 aromatic rings. The highest BCUT2D eigenvalue weighted by Crippen LogP contribution is 2.27. The molecule has 0 aromatic carbocycles. The molecule has 1 saturated heterocycles. The average Bonchev–Trinajstić information content (AvgIpc) is 2.94. The van der Waals surface area contributed by atoms with Crippen molar-refractivity contribution < 1.29 is 4.79 Å². The van der Waals surface area contributed by atoms with E-state index in [9.17, 15) is 4.79 Å². The Kier molecular flexibility index (Phi) is 9.66. The molecule has 0 saturated carbocycles. The molecule has 1 aliphatic heterocycles. The Bertz CT molecular complexity index is 417. The fraction of sp³-hybridized carbons (Fsp3) is 0.714. The van der Waals surface area contributed by atoms with Crippen molar-refractivity contribution in [3.8, 4) is 0 Å². The lowest BCUT2D eigenvalue weighted by Gasteiger charge is -2.31. The quantitative estimate of drug-likeness (QED) is 0.896. The predicted molar refractivity (Wildman–Crippen MR) is 89.2 cm³/mol. The lowest BCUT2D eigenvalue weighted by molar-refractivity contribution is -0.132. The molecular weight excluding hydrogens is 311 g/mol. The second kappa shape index (κ2) is 10.0.